The molecule has 2 heterocycles. The molecule has 0 aliphatic carbocycles. The summed E-state index contributed by atoms with van der Waals surface area (Å²) in [6, 6.07) is -0.522. The molecule has 1 N–H and O–H groups in total. The van der Waals surface area contributed by atoms with Crippen molar-refractivity contribution in [2.24, 2.45) is 0 Å². The number of ether oxygens (including phenoxy) is 1. The molecule has 7 nitrogen and oxygen atoms in total. The van der Waals surface area contributed by atoms with Crippen LogP contribution >= 0.6 is 0 Å². The van der Waals surface area contributed by atoms with Gasteiger partial charge in [0, 0.05) is 6.54 Å². The highest BCUT2D eigenvalue weighted by atomic mass is 16.7. The molecule has 0 aromatic rings. The van der Waals surface area contributed by atoms with Crippen molar-refractivity contribution < 1.29 is 24.3 Å². The van der Waals surface area contributed by atoms with Gasteiger partial charge in [-0.05, 0) is 27.2 Å². The van der Waals surface area contributed by atoms with E-state index in [0.29, 0.717) is 13.0 Å². The fourth-order valence-electron chi connectivity index (χ4n) is 2.31. The second kappa shape index (κ2) is 4.31. The molecule has 18 heavy (non-hydrogen) atoms. The highest BCUT2D eigenvalue weighted by Crippen LogP contribution is 2.30. The smallest absolute Gasteiger partial charge is 0.431 e. The molecule has 102 valence electrons. The molecule has 2 atom stereocenters. The standard InChI is InChI=1S/C11H18N2O5/c1-11(2,3)18-10(16)12-5-4-7-8(12)6-17-13(7)9(14)15/h7-8H,4-6H2,1-3H3,(H,14,15). The summed E-state index contributed by atoms with van der Waals surface area (Å²) in [5, 5.41) is 9.88. The molecule has 7 heteroatoms. The van der Waals surface area contributed by atoms with Crippen LogP contribution in [0.15, 0.2) is 0 Å². The maximum atomic E-state index is 12.0. The predicted octanol–water partition coefficient (Wildman–Crippen LogP) is 1.29. The van der Waals surface area contributed by atoms with Gasteiger partial charge < -0.3 is 14.7 Å². The summed E-state index contributed by atoms with van der Waals surface area (Å²) in [7, 11) is 0. The first kappa shape index (κ1) is 12.9. The molecule has 2 rings (SSSR count). The maximum Gasteiger partial charge on any atom is 0.431 e. The lowest BCUT2D eigenvalue weighted by molar-refractivity contribution is -0.105. The summed E-state index contributed by atoms with van der Waals surface area (Å²) in [5.41, 5.74) is -0.554. The van der Waals surface area contributed by atoms with E-state index in [0.717, 1.165) is 5.06 Å². The molecular formula is C11H18N2O5. The van der Waals surface area contributed by atoms with Crippen LogP contribution in [-0.4, -0.2) is 58.1 Å². The Labute approximate surface area is 105 Å². The van der Waals surface area contributed by atoms with Crippen LogP contribution in [0.3, 0.4) is 0 Å². The maximum absolute atomic E-state index is 12.0. The van der Waals surface area contributed by atoms with Crippen LogP contribution in [0.2, 0.25) is 0 Å². The molecule has 0 spiro atoms. The molecule has 2 aliphatic heterocycles. The Hall–Kier alpha value is -1.50. The normalized spacial score (nSPS) is 27.3. The number of carbonyl (C=O) groups is 2. The lowest BCUT2D eigenvalue weighted by Crippen LogP contribution is -2.44. The SMILES string of the molecule is CC(C)(C)OC(=O)N1CCC2C1CON2C(=O)O. The second-order valence-electron chi connectivity index (χ2n) is 5.50. The number of hydrogen-bond donors (Lipinski definition) is 1. The van der Waals surface area contributed by atoms with Crippen molar-refractivity contribution in [3.8, 4) is 0 Å². The highest BCUT2D eigenvalue weighted by molar-refractivity contribution is 5.70. The minimum absolute atomic E-state index is 0.205. The van der Waals surface area contributed by atoms with Crippen molar-refractivity contribution in [2.45, 2.75) is 44.9 Å². The van der Waals surface area contributed by atoms with Gasteiger partial charge in [0.25, 0.3) is 0 Å². The molecule has 0 radical (unpaired) electrons. The molecular weight excluding hydrogens is 240 g/mol. The number of likely N-dealkylation sites (tertiary alicyclic amines) is 1. The molecule has 0 bridgehead atoms. The molecule has 2 aliphatic rings. The number of fused-ring (bicyclic) bond motifs is 1. The van der Waals surface area contributed by atoms with Crippen LogP contribution in [0.25, 0.3) is 0 Å². The van der Waals surface area contributed by atoms with Gasteiger partial charge in [-0.3, -0.25) is 4.84 Å². The number of carbonyl (C=O) groups excluding carboxylic acids is 1. The summed E-state index contributed by atoms with van der Waals surface area (Å²) in [4.78, 5) is 29.5. The van der Waals surface area contributed by atoms with E-state index in [-0.39, 0.29) is 18.7 Å². The van der Waals surface area contributed by atoms with Gasteiger partial charge in [-0.1, -0.05) is 0 Å². The van der Waals surface area contributed by atoms with E-state index >= 15 is 0 Å². The minimum atomic E-state index is -1.12. The van der Waals surface area contributed by atoms with Crippen LogP contribution in [-0.2, 0) is 9.57 Å². The van der Waals surface area contributed by atoms with Crippen LogP contribution in [0.5, 0.6) is 0 Å². The number of hydroxylamine groups is 2. The molecule has 2 saturated heterocycles. The molecule has 0 saturated carbocycles. The third-order valence-electron chi connectivity index (χ3n) is 3.01. The number of nitrogens with zero attached hydrogens (tertiary/aromatic N) is 2. The fraction of sp³-hybridized carbons (Fsp3) is 0.818. The van der Waals surface area contributed by atoms with Crippen molar-refractivity contribution in [1.29, 1.82) is 0 Å². The van der Waals surface area contributed by atoms with Gasteiger partial charge in [-0.15, -0.1) is 0 Å². The Morgan fingerprint density at radius 1 is 1.33 bits per heavy atom. The summed E-state index contributed by atoms with van der Waals surface area (Å²) < 4.78 is 5.29. The van der Waals surface area contributed by atoms with Crippen molar-refractivity contribution >= 4 is 12.2 Å². The van der Waals surface area contributed by atoms with Gasteiger partial charge in [0.1, 0.15) is 5.60 Å². The predicted molar refractivity (Wildman–Crippen MR) is 60.9 cm³/mol. The topological polar surface area (TPSA) is 79.3 Å². The number of amides is 2. The van der Waals surface area contributed by atoms with Gasteiger partial charge in [-0.2, -0.15) is 5.06 Å². The van der Waals surface area contributed by atoms with Crippen molar-refractivity contribution in [3.05, 3.63) is 0 Å². The van der Waals surface area contributed by atoms with Crippen molar-refractivity contribution in [2.75, 3.05) is 13.2 Å². The summed E-state index contributed by atoms with van der Waals surface area (Å²) >= 11 is 0. The Balaban J connectivity index is 2.02. The van der Waals surface area contributed by atoms with Gasteiger partial charge >= 0.3 is 12.2 Å². The zero-order valence-corrected chi connectivity index (χ0v) is 10.8. The highest BCUT2D eigenvalue weighted by Gasteiger charge is 2.48. The monoisotopic (exact) mass is 258 g/mol. The average Bonchev–Trinajstić information content (AvgIpc) is 2.71. The first-order valence-corrected chi connectivity index (χ1v) is 5.94. The van der Waals surface area contributed by atoms with Crippen LogP contribution in [0, 0.1) is 0 Å². The van der Waals surface area contributed by atoms with Crippen LogP contribution in [0.4, 0.5) is 9.59 Å². The Kier molecular flexibility index (Phi) is 3.10. The van der Waals surface area contributed by atoms with E-state index in [4.69, 9.17) is 14.7 Å². The quantitative estimate of drug-likeness (QED) is 0.708. The molecule has 2 unspecified atom stereocenters. The number of carboxylic acid groups (broad SMARTS) is 1. The van der Waals surface area contributed by atoms with E-state index in [1.54, 1.807) is 25.7 Å². The zero-order chi connectivity index (χ0) is 13.5. The van der Waals surface area contributed by atoms with Gasteiger partial charge in [0.15, 0.2) is 0 Å². The molecule has 0 aromatic carbocycles. The van der Waals surface area contributed by atoms with Gasteiger partial charge in [0.05, 0.1) is 18.7 Å². The first-order valence-electron chi connectivity index (χ1n) is 5.94. The van der Waals surface area contributed by atoms with Crippen LogP contribution < -0.4 is 0 Å². The number of hydrogen-bond acceptors (Lipinski definition) is 4. The van der Waals surface area contributed by atoms with Gasteiger partial charge in [-0.25, -0.2) is 9.59 Å². The summed E-state index contributed by atoms with van der Waals surface area (Å²) in [5.74, 6) is 0. The van der Waals surface area contributed by atoms with Gasteiger partial charge in [0.2, 0.25) is 0 Å². The third kappa shape index (κ3) is 2.35. The first-order chi connectivity index (χ1) is 8.29. The average molecular weight is 258 g/mol. The Bertz CT molecular complexity index is 365. The molecule has 2 fully saturated rings. The largest absolute Gasteiger partial charge is 0.463 e. The summed E-state index contributed by atoms with van der Waals surface area (Å²) in [6.07, 6.45) is -0.949. The van der Waals surface area contributed by atoms with E-state index in [2.05, 4.69) is 0 Å². The number of rotatable bonds is 0. The minimum Gasteiger partial charge on any atom is -0.463 e. The second-order valence-corrected chi connectivity index (χ2v) is 5.50. The molecule has 0 aromatic heterocycles. The van der Waals surface area contributed by atoms with E-state index < -0.39 is 17.8 Å². The van der Waals surface area contributed by atoms with E-state index in [9.17, 15) is 9.59 Å². The van der Waals surface area contributed by atoms with Crippen molar-refractivity contribution in [1.82, 2.24) is 9.96 Å². The van der Waals surface area contributed by atoms with E-state index in [1.807, 2.05) is 0 Å². The molecule has 2 amide bonds. The zero-order valence-electron chi connectivity index (χ0n) is 10.8. The van der Waals surface area contributed by atoms with Crippen LogP contribution in [0.1, 0.15) is 27.2 Å². The summed E-state index contributed by atoms with van der Waals surface area (Å²) in [6.45, 7) is 6.10. The Morgan fingerprint density at radius 3 is 2.56 bits per heavy atom. The lowest BCUT2D eigenvalue weighted by atomic mass is 10.1. The lowest BCUT2D eigenvalue weighted by Gasteiger charge is -2.27. The fourth-order valence-corrected chi connectivity index (χ4v) is 2.31. The Morgan fingerprint density at radius 2 is 2.00 bits per heavy atom. The third-order valence-corrected chi connectivity index (χ3v) is 3.01. The van der Waals surface area contributed by atoms with E-state index in [1.165, 1.54) is 0 Å². The van der Waals surface area contributed by atoms with Crippen molar-refractivity contribution in [3.63, 3.8) is 0 Å².